The summed E-state index contributed by atoms with van der Waals surface area (Å²) in [7, 11) is 0. The van der Waals surface area contributed by atoms with Gasteiger partial charge in [-0.3, -0.25) is 4.99 Å². The number of nitrogens with one attached hydrogen (secondary N) is 1. The van der Waals surface area contributed by atoms with Crippen molar-refractivity contribution in [2.45, 2.75) is 18.9 Å². The van der Waals surface area contributed by atoms with Gasteiger partial charge in [-0.2, -0.15) is 0 Å². The topological polar surface area (TPSA) is 50.4 Å². The second kappa shape index (κ2) is 4.13. The third-order valence-corrected chi connectivity index (χ3v) is 1.73. The molecule has 0 aromatic carbocycles. The number of hydrogen-bond donors (Lipinski definition) is 2. The average molecular weight is 153 g/mol. The van der Waals surface area contributed by atoms with Gasteiger partial charge >= 0.3 is 0 Å². The van der Waals surface area contributed by atoms with Gasteiger partial charge in [-0.05, 0) is 12.8 Å². The molecule has 0 saturated heterocycles. The van der Waals surface area contributed by atoms with E-state index in [1.165, 1.54) is 0 Å². The molecule has 0 radical (unpaired) electrons. The van der Waals surface area contributed by atoms with E-state index < -0.39 is 0 Å². The standard InChI is InChI=1S/C8H15N3/c1-2-3-4-7(9)8-10-5-6-11-8/h2,7H,1,3-6,9H2,(H,10,11). The lowest BCUT2D eigenvalue weighted by molar-refractivity contribution is 0.748. The summed E-state index contributed by atoms with van der Waals surface area (Å²) in [5.41, 5.74) is 5.82. The van der Waals surface area contributed by atoms with Gasteiger partial charge in [0.15, 0.2) is 0 Å². The van der Waals surface area contributed by atoms with Crippen molar-refractivity contribution in [3.05, 3.63) is 12.7 Å². The van der Waals surface area contributed by atoms with E-state index >= 15 is 0 Å². The largest absolute Gasteiger partial charge is 0.371 e. The summed E-state index contributed by atoms with van der Waals surface area (Å²) in [4.78, 5) is 4.23. The molecule has 1 aliphatic heterocycles. The smallest absolute Gasteiger partial charge is 0.113 e. The van der Waals surface area contributed by atoms with Gasteiger partial charge in [0.25, 0.3) is 0 Å². The molecule has 1 atom stereocenters. The van der Waals surface area contributed by atoms with Crippen molar-refractivity contribution < 1.29 is 0 Å². The second-order valence-electron chi connectivity index (χ2n) is 2.67. The van der Waals surface area contributed by atoms with Crippen molar-refractivity contribution in [1.82, 2.24) is 5.32 Å². The molecule has 0 aromatic heterocycles. The first-order valence-electron chi connectivity index (χ1n) is 3.99. The van der Waals surface area contributed by atoms with Crippen LogP contribution < -0.4 is 11.1 Å². The van der Waals surface area contributed by atoms with Crippen LogP contribution in [-0.2, 0) is 0 Å². The van der Waals surface area contributed by atoms with Gasteiger partial charge in [-0.15, -0.1) is 6.58 Å². The van der Waals surface area contributed by atoms with E-state index in [-0.39, 0.29) is 6.04 Å². The van der Waals surface area contributed by atoms with E-state index in [2.05, 4.69) is 16.9 Å². The van der Waals surface area contributed by atoms with Crippen LogP contribution >= 0.6 is 0 Å². The zero-order valence-electron chi connectivity index (χ0n) is 6.71. The SMILES string of the molecule is C=CCCC(N)C1=NCCN1. The monoisotopic (exact) mass is 153 g/mol. The fourth-order valence-corrected chi connectivity index (χ4v) is 1.10. The predicted octanol–water partition coefficient (Wildman–Crippen LogP) is 0.282. The van der Waals surface area contributed by atoms with Crippen molar-refractivity contribution in [1.29, 1.82) is 0 Å². The Balaban J connectivity index is 2.28. The van der Waals surface area contributed by atoms with Crippen molar-refractivity contribution in [2.75, 3.05) is 13.1 Å². The summed E-state index contributed by atoms with van der Waals surface area (Å²) in [6, 6.07) is 0.0792. The van der Waals surface area contributed by atoms with Crippen LogP contribution in [0, 0.1) is 0 Å². The Hall–Kier alpha value is -0.830. The minimum atomic E-state index is 0.0792. The molecule has 1 heterocycles. The molecule has 11 heavy (non-hydrogen) atoms. The van der Waals surface area contributed by atoms with Gasteiger partial charge in [-0.1, -0.05) is 6.08 Å². The highest BCUT2D eigenvalue weighted by molar-refractivity contribution is 5.88. The summed E-state index contributed by atoms with van der Waals surface area (Å²) in [6.07, 6.45) is 3.78. The Morgan fingerprint density at radius 1 is 1.82 bits per heavy atom. The van der Waals surface area contributed by atoms with Crippen molar-refractivity contribution in [3.63, 3.8) is 0 Å². The van der Waals surface area contributed by atoms with Gasteiger partial charge in [0.2, 0.25) is 0 Å². The van der Waals surface area contributed by atoms with E-state index in [4.69, 9.17) is 5.73 Å². The number of amidine groups is 1. The molecule has 0 amide bonds. The van der Waals surface area contributed by atoms with Gasteiger partial charge in [-0.25, -0.2) is 0 Å². The molecule has 3 N–H and O–H groups in total. The molecule has 0 saturated carbocycles. The third kappa shape index (κ3) is 2.35. The molecule has 0 aromatic rings. The number of aliphatic imine (C=N–C) groups is 1. The molecule has 1 rings (SSSR count). The van der Waals surface area contributed by atoms with Gasteiger partial charge < -0.3 is 11.1 Å². The summed E-state index contributed by atoms with van der Waals surface area (Å²) < 4.78 is 0. The van der Waals surface area contributed by atoms with Crippen molar-refractivity contribution in [3.8, 4) is 0 Å². The van der Waals surface area contributed by atoms with E-state index in [1.807, 2.05) is 6.08 Å². The fraction of sp³-hybridized carbons (Fsp3) is 0.625. The average Bonchev–Trinajstić information content (AvgIpc) is 2.52. The highest BCUT2D eigenvalue weighted by atomic mass is 15.1. The van der Waals surface area contributed by atoms with Crippen LogP contribution in [0.2, 0.25) is 0 Å². The maximum atomic E-state index is 5.82. The minimum Gasteiger partial charge on any atom is -0.371 e. The first-order chi connectivity index (χ1) is 5.34. The summed E-state index contributed by atoms with van der Waals surface area (Å²) >= 11 is 0. The van der Waals surface area contributed by atoms with E-state index in [0.29, 0.717) is 0 Å². The van der Waals surface area contributed by atoms with E-state index in [9.17, 15) is 0 Å². The first-order valence-corrected chi connectivity index (χ1v) is 3.99. The Kier molecular flexibility index (Phi) is 3.11. The van der Waals surface area contributed by atoms with Crippen molar-refractivity contribution >= 4 is 5.84 Å². The zero-order chi connectivity index (χ0) is 8.10. The Bertz CT molecular complexity index is 163. The van der Waals surface area contributed by atoms with Crippen LogP contribution in [0.4, 0.5) is 0 Å². The lowest BCUT2D eigenvalue weighted by atomic mass is 10.1. The highest BCUT2D eigenvalue weighted by Gasteiger charge is 2.12. The molecule has 3 nitrogen and oxygen atoms in total. The minimum absolute atomic E-state index is 0.0792. The molecule has 1 aliphatic rings. The Labute approximate surface area is 67.4 Å². The molecule has 0 spiro atoms. The third-order valence-electron chi connectivity index (χ3n) is 1.73. The number of nitrogens with zero attached hydrogens (tertiary/aromatic N) is 1. The molecule has 3 heteroatoms. The maximum absolute atomic E-state index is 5.82. The van der Waals surface area contributed by atoms with Gasteiger partial charge in [0.05, 0.1) is 12.6 Å². The lowest BCUT2D eigenvalue weighted by Gasteiger charge is -2.09. The molecule has 0 aliphatic carbocycles. The van der Waals surface area contributed by atoms with Crippen LogP contribution in [0.3, 0.4) is 0 Å². The molecular formula is C8H15N3. The summed E-state index contributed by atoms with van der Waals surface area (Å²) in [6.45, 7) is 5.46. The first kappa shape index (κ1) is 8.27. The number of nitrogens with two attached hydrogens (primary N) is 1. The van der Waals surface area contributed by atoms with Crippen molar-refractivity contribution in [2.24, 2.45) is 10.7 Å². The van der Waals surface area contributed by atoms with E-state index in [0.717, 1.165) is 31.8 Å². The number of hydrogen-bond acceptors (Lipinski definition) is 3. The quantitative estimate of drug-likeness (QED) is 0.570. The number of allylic oxidation sites excluding steroid dienone is 1. The number of rotatable bonds is 4. The van der Waals surface area contributed by atoms with E-state index in [1.54, 1.807) is 0 Å². The second-order valence-corrected chi connectivity index (χ2v) is 2.67. The molecule has 0 fully saturated rings. The molecular weight excluding hydrogens is 138 g/mol. The van der Waals surface area contributed by atoms with Gasteiger partial charge in [0.1, 0.15) is 5.84 Å². The van der Waals surface area contributed by atoms with Crippen LogP contribution in [-0.4, -0.2) is 25.0 Å². The van der Waals surface area contributed by atoms with Crippen LogP contribution in [0.1, 0.15) is 12.8 Å². The molecule has 0 bridgehead atoms. The summed E-state index contributed by atoms with van der Waals surface area (Å²) in [5.74, 6) is 0.965. The fourth-order valence-electron chi connectivity index (χ4n) is 1.10. The molecule has 1 unspecified atom stereocenters. The predicted molar refractivity (Wildman–Crippen MR) is 47.7 cm³/mol. The van der Waals surface area contributed by atoms with Crippen LogP contribution in [0.5, 0.6) is 0 Å². The summed E-state index contributed by atoms with van der Waals surface area (Å²) in [5, 5.41) is 3.16. The lowest BCUT2D eigenvalue weighted by Crippen LogP contribution is -2.37. The Morgan fingerprint density at radius 2 is 2.64 bits per heavy atom. The van der Waals surface area contributed by atoms with Crippen LogP contribution in [0.25, 0.3) is 0 Å². The van der Waals surface area contributed by atoms with Crippen LogP contribution in [0.15, 0.2) is 17.6 Å². The maximum Gasteiger partial charge on any atom is 0.113 e. The van der Waals surface area contributed by atoms with Gasteiger partial charge in [0, 0.05) is 6.54 Å². The molecule has 62 valence electrons. The zero-order valence-corrected chi connectivity index (χ0v) is 6.71. The normalized spacial score (nSPS) is 18.8. The highest BCUT2D eigenvalue weighted by Crippen LogP contribution is 1.98. The Morgan fingerprint density at radius 3 is 3.18 bits per heavy atom.